The van der Waals surface area contributed by atoms with Gasteiger partial charge >= 0.3 is 0 Å². The van der Waals surface area contributed by atoms with Gasteiger partial charge in [-0.2, -0.15) is 0 Å². The average molecular weight is 607 g/mol. The van der Waals surface area contributed by atoms with Gasteiger partial charge in [-0.25, -0.2) is 8.42 Å². The van der Waals surface area contributed by atoms with Crippen molar-refractivity contribution in [3.8, 4) is 5.75 Å². The fourth-order valence-electron chi connectivity index (χ4n) is 4.22. The zero-order valence-corrected chi connectivity index (χ0v) is 25.0. The summed E-state index contributed by atoms with van der Waals surface area (Å²) in [5.41, 5.74) is 1.70. The largest absolute Gasteiger partial charge is 0.492 e. The first-order valence-corrected chi connectivity index (χ1v) is 15.4. The molecule has 3 aromatic carbocycles. The Labute approximate surface area is 245 Å². The molecule has 214 valence electrons. The van der Waals surface area contributed by atoms with Gasteiger partial charge < -0.3 is 15.0 Å². The van der Waals surface area contributed by atoms with E-state index in [-0.39, 0.29) is 24.6 Å². The molecule has 0 bridgehead atoms. The Hall–Kier alpha value is -3.27. The van der Waals surface area contributed by atoms with Crippen LogP contribution in [0.25, 0.3) is 0 Å². The van der Waals surface area contributed by atoms with E-state index in [4.69, 9.17) is 27.9 Å². The number of carbonyl (C=O) groups excluding carboxylic acids is 2. The summed E-state index contributed by atoms with van der Waals surface area (Å²) in [6.07, 6.45) is 1.24. The second kappa shape index (κ2) is 14.4. The number of anilines is 1. The summed E-state index contributed by atoms with van der Waals surface area (Å²) in [6, 6.07) is 19.9. The molecule has 0 saturated carbocycles. The number of amides is 2. The third-order valence-electron chi connectivity index (χ3n) is 6.07. The number of carbonyl (C=O) groups is 2. The molecule has 0 spiro atoms. The molecule has 3 rings (SSSR count). The Morgan fingerprint density at radius 2 is 1.60 bits per heavy atom. The van der Waals surface area contributed by atoms with Crippen molar-refractivity contribution >= 4 is 50.7 Å². The first kappa shape index (κ1) is 31.3. The molecule has 0 radical (unpaired) electrons. The van der Waals surface area contributed by atoms with E-state index in [2.05, 4.69) is 5.32 Å². The van der Waals surface area contributed by atoms with Crippen molar-refractivity contribution in [1.82, 2.24) is 10.2 Å². The maximum absolute atomic E-state index is 14.1. The second-order valence-corrected chi connectivity index (χ2v) is 11.8. The minimum absolute atomic E-state index is 0.00490. The lowest BCUT2D eigenvalue weighted by atomic mass is 10.0. The molecule has 0 aromatic heterocycles. The summed E-state index contributed by atoms with van der Waals surface area (Å²) in [7, 11) is -3.92. The number of sulfonamides is 1. The predicted molar refractivity (Wildman–Crippen MR) is 159 cm³/mol. The molecule has 11 heteroatoms. The molecule has 2 amide bonds. The van der Waals surface area contributed by atoms with Gasteiger partial charge in [0.2, 0.25) is 21.8 Å². The molecule has 40 heavy (non-hydrogen) atoms. The zero-order valence-electron chi connectivity index (χ0n) is 22.6. The van der Waals surface area contributed by atoms with Crippen molar-refractivity contribution in [1.29, 1.82) is 0 Å². The number of nitrogens with zero attached hydrogens (tertiary/aromatic N) is 2. The van der Waals surface area contributed by atoms with E-state index in [1.165, 1.54) is 4.90 Å². The van der Waals surface area contributed by atoms with Crippen LogP contribution in [0, 0.1) is 0 Å². The number of rotatable bonds is 13. The Balaban J connectivity index is 2.08. The maximum Gasteiger partial charge on any atom is 0.244 e. The Kier molecular flexibility index (Phi) is 11.2. The highest BCUT2D eigenvalue weighted by Gasteiger charge is 2.33. The van der Waals surface area contributed by atoms with Crippen LogP contribution < -0.4 is 14.4 Å². The predicted octanol–water partition coefficient (Wildman–Crippen LogP) is 4.93. The van der Waals surface area contributed by atoms with E-state index < -0.39 is 28.5 Å². The lowest BCUT2D eigenvalue weighted by Gasteiger charge is -2.33. The molecule has 0 heterocycles. The van der Waals surface area contributed by atoms with Crippen LogP contribution in [-0.2, 0) is 32.6 Å². The van der Waals surface area contributed by atoms with Crippen LogP contribution >= 0.6 is 23.2 Å². The summed E-state index contributed by atoms with van der Waals surface area (Å²) >= 11 is 12.4. The highest BCUT2D eigenvalue weighted by molar-refractivity contribution is 7.92. The standard InChI is InChI=1S/C29H33Cl2N3O5S/c1-4-32-29(36)26(18-21-11-7-6-8-12-21)33(19-22-15-16-23(30)24(31)17-22)28(35)20-34(40(3,37)38)25-13-9-10-14-27(25)39-5-2/h6-17,26H,4-5,18-20H2,1-3H3,(H,32,36)/t26-/m0/s1. The Morgan fingerprint density at radius 3 is 2.23 bits per heavy atom. The molecule has 0 aliphatic carbocycles. The van der Waals surface area contributed by atoms with Crippen molar-refractivity contribution in [3.63, 3.8) is 0 Å². The van der Waals surface area contributed by atoms with Crippen LogP contribution in [0.15, 0.2) is 72.8 Å². The first-order valence-electron chi connectivity index (χ1n) is 12.8. The lowest BCUT2D eigenvalue weighted by molar-refractivity contribution is -0.140. The molecular weight excluding hydrogens is 573 g/mol. The number of para-hydroxylation sites is 2. The first-order chi connectivity index (χ1) is 19.0. The van der Waals surface area contributed by atoms with Crippen LogP contribution in [-0.4, -0.2) is 57.1 Å². The van der Waals surface area contributed by atoms with Crippen molar-refractivity contribution in [2.75, 3.05) is 30.3 Å². The highest BCUT2D eigenvalue weighted by Crippen LogP contribution is 2.30. The quantitative estimate of drug-likeness (QED) is 0.298. The van der Waals surface area contributed by atoms with Gasteiger partial charge in [0.05, 0.1) is 28.6 Å². The number of hydrogen-bond acceptors (Lipinski definition) is 5. The number of nitrogens with one attached hydrogen (secondary N) is 1. The number of benzene rings is 3. The van der Waals surface area contributed by atoms with Crippen LogP contribution in [0.1, 0.15) is 25.0 Å². The topological polar surface area (TPSA) is 96.0 Å². The molecule has 0 aliphatic rings. The van der Waals surface area contributed by atoms with Crippen molar-refractivity contribution in [3.05, 3.63) is 94.0 Å². The van der Waals surface area contributed by atoms with Gasteiger partial charge in [0, 0.05) is 19.5 Å². The van der Waals surface area contributed by atoms with Crippen molar-refractivity contribution in [2.24, 2.45) is 0 Å². The van der Waals surface area contributed by atoms with E-state index in [1.54, 1.807) is 56.3 Å². The van der Waals surface area contributed by atoms with Gasteiger partial charge in [-0.15, -0.1) is 0 Å². The fourth-order valence-corrected chi connectivity index (χ4v) is 5.39. The molecule has 8 nitrogen and oxygen atoms in total. The zero-order chi connectivity index (χ0) is 29.3. The molecular formula is C29H33Cl2N3O5S. The SMILES string of the molecule is CCNC(=O)[C@H](Cc1ccccc1)N(Cc1ccc(Cl)c(Cl)c1)C(=O)CN(c1ccccc1OCC)S(C)(=O)=O. The van der Waals surface area contributed by atoms with Gasteiger partial charge in [0.15, 0.2) is 0 Å². The van der Waals surface area contributed by atoms with E-state index in [1.807, 2.05) is 30.3 Å². The third-order valence-corrected chi connectivity index (χ3v) is 7.94. The minimum Gasteiger partial charge on any atom is -0.492 e. The van der Waals surface area contributed by atoms with Crippen molar-refractivity contribution < 1.29 is 22.7 Å². The highest BCUT2D eigenvalue weighted by atomic mass is 35.5. The minimum atomic E-state index is -3.92. The summed E-state index contributed by atoms with van der Waals surface area (Å²) in [4.78, 5) is 28.9. The van der Waals surface area contributed by atoms with Gasteiger partial charge in [0.1, 0.15) is 18.3 Å². The molecule has 1 N–H and O–H groups in total. The third kappa shape index (κ3) is 8.36. The van der Waals surface area contributed by atoms with E-state index in [9.17, 15) is 18.0 Å². The van der Waals surface area contributed by atoms with Gasteiger partial charge in [0.25, 0.3) is 0 Å². The molecule has 0 aliphatic heterocycles. The lowest BCUT2D eigenvalue weighted by Crippen LogP contribution is -2.53. The summed E-state index contributed by atoms with van der Waals surface area (Å²) in [6.45, 7) is 3.69. The Morgan fingerprint density at radius 1 is 0.925 bits per heavy atom. The number of halogens is 2. The van der Waals surface area contributed by atoms with Crippen LogP contribution in [0.2, 0.25) is 10.0 Å². The maximum atomic E-state index is 14.1. The van der Waals surface area contributed by atoms with E-state index in [0.717, 1.165) is 16.1 Å². The normalized spacial score (nSPS) is 11.9. The molecule has 0 fully saturated rings. The van der Waals surface area contributed by atoms with Crippen LogP contribution in [0.4, 0.5) is 5.69 Å². The monoisotopic (exact) mass is 605 g/mol. The second-order valence-electron chi connectivity index (χ2n) is 9.04. The molecule has 0 saturated heterocycles. The number of hydrogen-bond donors (Lipinski definition) is 1. The summed E-state index contributed by atoms with van der Waals surface area (Å²) in [5, 5.41) is 3.47. The fraction of sp³-hybridized carbons (Fsp3) is 0.310. The summed E-state index contributed by atoms with van der Waals surface area (Å²) in [5.74, 6) is -0.612. The van der Waals surface area contributed by atoms with Crippen molar-refractivity contribution in [2.45, 2.75) is 32.9 Å². The molecule has 3 aromatic rings. The van der Waals surface area contributed by atoms with Gasteiger partial charge in [-0.05, 0) is 49.2 Å². The van der Waals surface area contributed by atoms with Gasteiger partial charge in [-0.1, -0.05) is 71.7 Å². The molecule has 0 unspecified atom stereocenters. The Bertz CT molecular complexity index is 1420. The van der Waals surface area contributed by atoms with E-state index >= 15 is 0 Å². The number of ether oxygens (including phenoxy) is 1. The molecule has 1 atom stereocenters. The average Bonchev–Trinajstić information content (AvgIpc) is 2.92. The van der Waals surface area contributed by atoms with Crippen LogP contribution in [0.3, 0.4) is 0 Å². The smallest absolute Gasteiger partial charge is 0.244 e. The number of likely N-dealkylation sites (N-methyl/N-ethyl adjacent to an activating group) is 1. The van der Waals surface area contributed by atoms with Gasteiger partial charge in [-0.3, -0.25) is 13.9 Å². The van der Waals surface area contributed by atoms with Crippen LogP contribution in [0.5, 0.6) is 5.75 Å². The summed E-state index contributed by atoms with van der Waals surface area (Å²) < 4.78 is 32.6. The van der Waals surface area contributed by atoms with E-state index in [0.29, 0.717) is 34.5 Å².